The Bertz CT molecular complexity index is 889. The first-order valence-electron chi connectivity index (χ1n) is 9.07. The number of hydrogen-bond donors (Lipinski definition) is 1. The van der Waals surface area contributed by atoms with Gasteiger partial charge < -0.3 is 15.5 Å². The number of piperazine rings is 1. The standard InChI is InChI=1S/C19H20F3N5O2/c20-14-10-16(22)15(21)8-12(14)7-13(23)9-18(28)26-3-5-27(6-4-26)19(29)17-11-24-1-2-25-17/h1-2,8,10-11,13H,3-7,9,23H2/t13-/m1/s1. The fourth-order valence-corrected chi connectivity index (χ4v) is 3.16. The Morgan fingerprint density at radius 2 is 1.66 bits per heavy atom. The number of amides is 2. The average Bonchev–Trinajstić information content (AvgIpc) is 2.72. The van der Waals surface area contributed by atoms with Gasteiger partial charge in [0.25, 0.3) is 5.91 Å². The normalized spacial score (nSPS) is 15.3. The van der Waals surface area contributed by atoms with Crippen LogP contribution < -0.4 is 5.73 Å². The third kappa shape index (κ3) is 5.08. The smallest absolute Gasteiger partial charge is 0.274 e. The van der Waals surface area contributed by atoms with Crippen LogP contribution in [0.3, 0.4) is 0 Å². The Labute approximate surface area is 165 Å². The van der Waals surface area contributed by atoms with Crippen molar-refractivity contribution in [3.8, 4) is 0 Å². The summed E-state index contributed by atoms with van der Waals surface area (Å²) in [7, 11) is 0. The fraction of sp³-hybridized carbons (Fsp3) is 0.368. The van der Waals surface area contributed by atoms with Crippen molar-refractivity contribution < 1.29 is 22.8 Å². The molecule has 0 aliphatic carbocycles. The molecule has 1 atom stereocenters. The summed E-state index contributed by atoms with van der Waals surface area (Å²) in [6, 6.07) is 0.472. The Balaban J connectivity index is 1.51. The molecule has 0 unspecified atom stereocenters. The first-order chi connectivity index (χ1) is 13.8. The van der Waals surface area contributed by atoms with Crippen molar-refractivity contribution in [1.29, 1.82) is 0 Å². The van der Waals surface area contributed by atoms with Gasteiger partial charge in [-0.25, -0.2) is 18.2 Å². The summed E-state index contributed by atoms with van der Waals surface area (Å²) in [6.07, 6.45) is 4.12. The average molecular weight is 407 g/mol. The summed E-state index contributed by atoms with van der Waals surface area (Å²) in [4.78, 5) is 35.8. The van der Waals surface area contributed by atoms with E-state index in [0.717, 1.165) is 6.07 Å². The Morgan fingerprint density at radius 3 is 2.31 bits per heavy atom. The van der Waals surface area contributed by atoms with Gasteiger partial charge in [0.1, 0.15) is 11.5 Å². The summed E-state index contributed by atoms with van der Waals surface area (Å²) in [5.41, 5.74) is 6.07. The molecule has 2 aromatic rings. The number of benzene rings is 1. The maximum Gasteiger partial charge on any atom is 0.274 e. The van der Waals surface area contributed by atoms with Crippen molar-refractivity contribution in [1.82, 2.24) is 19.8 Å². The molecule has 0 spiro atoms. The maximum atomic E-state index is 13.7. The van der Waals surface area contributed by atoms with Crippen LogP contribution in [0.2, 0.25) is 0 Å². The number of carbonyl (C=O) groups excluding carboxylic acids is 2. The molecule has 1 fully saturated rings. The molecule has 1 aliphatic rings. The van der Waals surface area contributed by atoms with Gasteiger partial charge in [-0.1, -0.05) is 0 Å². The van der Waals surface area contributed by atoms with Crippen LogP contribution >= 0.6 is 0 Å². The van der Waals surface area contributed by atoms with Gasteiger partial charge in [-0.05, 0) is 18.1 Å². The molecule has 0 saturated carbocycles. The number of nitrogens with zero attached hydrogens (tertiary/aromatic N) is 4. The highest BCUT2D eigenvalue weighted by Crippen LogP contribution is 2.16. The number of carbonyl (C=O) groups is 2. The molecule has 0 radical (unpaired) electrons. The second-order valence-electron chi connectivity index (χ2n) is 6.79. The topological polar surface area (TPSA) is 92.4 Å². The molecule has 154 valence electrons. The van der Waals surface area contributed by atoms with Crippen LogP contribution in [0.5, 0.6) is 0 Å². The molecule has 3 rings (SSSR count). The summed E-state index contributed by atoms with van der Waals surface area (Å²) >= 11 is 0. The van der Waals surface area contributed by atoms with E-state index in [1.54, 1.807) is 9.80 Å². The number of rotatable bonds is 5. The molecule has 1 aromatic heterocycles. The van der Waals surface area contributed by atoms with Gasteiger partial charge in [0.2, 0.25) is 5.91 Å². The van der Waals surface area contributed by atoms with Crippen LogP contribution in [-0.2, 0) is 11.2 Å². The van der Waals surface area contributed by atoms with Crippen molar-refractivity contribution in [2.24, 2.45) is 5.73 Å². The summed E-state index contributed by atoms with van der Waals surface area (Å²) < 4.78 is 40.0. The van der Waals surface area contributed by atoms with E-state index in [0.29, 0.717) is 32.2 Å². The largest absolute Gasteiger partial charge is 0.339 e. The molecule has 1 saturated heterocycles. The van der Waals surface area contributed by atoms with Gasteiger partial charge in [-0.15, -0.1) is 0 Å². The minimum absolute atomic E-state index is 0.0729. The predicted octanol–water partition coefficient (Wildman–Crippen LogP) is 1.14. The zero-order valence-corrected chi connectivity index (χ0v) is 15.5. The molecule has 29 heavy (non-hydrogen) atoms. The van der Waals surface area contributed by atoms with Gasteiger partial charge in [0, 0.05) is 57.1 Å². The highest BCUT2D eigenvalue weighted by atomic mass is 19.2. The third-order valence-corrected chi connectivity index (χ3v) is 4.71. The monoisotopic (exact) mass is 407 g/mol. The fourth-order valence-electron chi connectivity index (χ4n) is 3.16. The highest BCUT2D eigenvalue weighted by Gasteiger charge is 2.26. The second kappa shape index (κ2) is 8.99. The minimum atomic E-state index is -1.27. The minimum Gasteiger partial charge on any atom is -0.339 e. The highest BCUT2D eigenvalue weighted by molar-refractivity contribution is 5.92. The SMILES string of the molecule is N[C@@H](CC(=O)N1CCN(C(=O)c2cnccn2)CC1)Cc1cc(F)c(F)cc1F. The number of halogens is 3. The maximum absolute atomic E-state index is 13.7. The lowest BCUT2D eigenvalue weighted by atomic mass is 10.0. The van der Waals surface area contributed by atoms with E-state index in [1.165, 1.54) is 18.6 Å². The molecular formula is C19H20F3N5O2. The third-order valence-electron chi connectivity index (χ3n) is 4.71. The van der Waals surface area contributed by atoms with Gasteiger partial charge in [0.15, 0.2) is 11.6 Å². The van der Waals surface area contributed by atoms with E-state index in [2.05, 4.69) is 9.97 Å². The summed E-state index contributed by atoms with van der Waals surface area (Å²) in [6.45, 7) is 1.34. The van der Waals surface area contributed by atoms with E-state index in [9.17, 15) is 22.8 Å². The zero-order valence-electron chi connectivity index (χ0n) is 15.5. The molecule has 7 nitrogen and oxygen atoms in total. The van der Waals surface area contributed by atoms with E-state index < -0.39 is 23.5 Å². The summed E-state index contributed by atoms with van der Waals surface area (Å²) in [5, 5.41) is 0. The Hall–Kier alpha value is -3.01. The van der Waals surface area contributed by atoms with Gasteiger partial charge in [-0.2, -0.15) is 0 Å². The quantitative estimate of drug-likeness (QED) is 0.751. The van der Waals surface area contributed by atoms with E-state index in [1.807, 2.05) is 0 Å². The van der Waals surface area contributed by atoms with Crippen LogP contribution in [0.15, 0.2) is 30.7 Å². The van der Waals surface area contributed by atoms with Gasteiger partial charge in [-0.3, -0.25) is 14.6 Å². The van der Waals surface area contributed by atoms with Crippen molar-refractivity contribution in [2.75, 3.05) is 26.2 Å². The lowest BCUT2D eigenvalue weighted by Gasteiger charge is -2.35. The first kappa shape index (κ1) is 20.7. The Morgan fingerprint density at radius 1 is 1.00 bits per heavy atom. The van der Waals surface area contributed by atoms with Crippen LogP contribution in [0.4, 0.5) is 13.2 Å². The van der Waals surface area contributed by atoms with Gasteiger partial charge >= 0.3 is 0 Å². The molecule has 10 heteroatoms. The molecule has 2 N–H and O–H groups in total. The predicted molar refractivity (Wildman–Crippen MR) is 97.1 cm³/mol. The lowest BCUT2D eigenvalue weighted by molar-refractivity contribution is -0.133. The molecule has 0 bridgehead atoms. The summed E-state index contributed by atoms with van der Waals surface area (Å²) in [5.74, 6) is -3.83. The molecule has 2 heterocycles. The van der Waals surface area contributed by atoms with E-state index >= 15 is 0 Å². The second-order valence-corrected chi connectivity index (χ2v) is 6.79. The molecule has 1 aliphatic heterocycles. The molecule has 1 aromatic carbocycles. The number of aromatic nitrogens is 2. The molecular weight excluding hydrogens is 387 g/mol. The van der Waals surface area contributed by atoms with Crippen molar-refractivity contribution in [3.05, 3.63) is 59.4 Å². The van der Waals surface area contributed by atoms with Crippen molar-refractivity contribution >= 4 is 11.8 Å². The lowest BCUT2D eigenvalue weighted by Crippen LogP contribution is -2.51. The van der Waals surface area contributed by atoms with Crippen LogP contribution in [-0.4, -0.2) is 63.8 Å². The Kier molecular flexibility index (Phi) is 6.42. The van der Waals surface area contributed by atoms with Crippen molar-refractivity contribution in [3.63, 3.8) is 0 Å². The molecule has 2 amide bonds. The first-order valence-corrected chi connectivity index (χ1v) is 9.07. The number of nitrogens with two attached hydrogens (primary N) is 1. The van der Waals surface area contributed by atoms with Crippen molar-refractivity contribution in [2.45, 2.75) is 18.9 Å². The van der Waals surface area contributed by atoms with Crippen LogP contribution in [0.1, 0.15) is 22.5 Å². The van der Waals surface area contributed by atoms with Crippen LogP contribution in [0, 0.1) is 17.5 Å². The van der Waals surface area contributed by atoms with Crippen LogP contribution in [0.25, 0.3) is 0 Å². The van der Waals surface area contributed by atoms with Gasteiger partial charge in [0.05, 0.1) is 6.20 Å². The van der Waals surface area contributed by atoms with E-state index in [4.69, 9.17) is 5.73 Å². The van der Waals surface area contributed by atoms with E-state index in [-0.39, 0.29) is 35.9 Å². The zero-order chi connectivity index (χ0) is 21.0. The number of hydrogen-bond acceptors (Lipinski definition) is 5.